The Hall–Kier alpha value is -4.61. The van der Waals surface area contributed by atoms with Crippen LogP contribution >= 0.6 is 23.2 Å². The lowest BCUT2D eigenvalue weighted by atomic mass is 10.0. The van der Waals surface area contributed by atoms with E-state index in [1.807, 2.05) is 30.3 Å². The zero-order valence-corrected chi connectivity index (χ0v) is 23.6. The van der Waals surface area contributed by atoms with Crippen LogP contribution in [0.4, 0.5) is 5.69 Å². The molecule has 0 bridgehead atoms. The summed E-state index contributed by atoms with van der Waals surface area (Å²) in [5, 5.41) is 22.7. The molecule has 0 radical (unpaired) electrons. The van der Waals surface area contributed by atoms with Crippen LogP contribution in [0.25, 0.3) is 11.1 Å². The monoisotopic (exact) mass is 598 g/mol. The van der Waals surface area contributed by atoms with E-state index in [9.17, 15) is 24.3 Å². The Labute approximate surface area is 246 Å². The maximum absolute atomic E-state index is 12.9. The standard InChI is InChI=1S/C28H28Cl2N6O5/c1-31-28(32-2)35-19-10-6-9-17(11-19)25(38)34-15-23(37)33-14-22(27(40)41)36-26(39)24-20(29)12-18(13-21(24)30)16-7-4-3-5-8-16/h3-13,22H,14-15H2,1-2H3,(H,33,37)(H,34,38)(H,36,39)(H,40,41)(H2,31,32,35)/t22-/m0/s1. The smallest absolute Gasteiger partial charge is 0.328 e. The molecule has 3 aromatic rings. The number of guanidine groups is 1. The van der Waals surface area contributed by atoms with Crippen LogP contribution in [0.15, 0.2) is 71.7 Å². The number of halogens is 2. The number of anilines is 1. The van der Waals surface area contributed by atoms with Crippen LogP contribution in [0.1, 0.15) is 20.7 Å². The molecule has 0 unspecified atom stereocenters. The number of amides is 3. The topological polar surface area (TPSA) is 161 Å². The summed E-state index contributed by atoms with van der Waals surface area (Å²) in [6.07, 6.45) is 0. The second kappa shape index (κ2) is 14.7. The molecule has 1 atom stereocenters. The van der Waals surface area contributed by atoms with Gasteiger partial charge in [0, 0.05) is 31.9 Å². The number of benzene rings is 3. The fourth-order valence-electron chi connectivity index (χ4n) is 3.66. The van der Waals surface area contributed by atoms with Gasteiger partial charge >= 0.3 is 5.97 Å². The number of carboxylic acid groups (broad SMARTS) is 1. The van der Waals surface area contributed by atoms with Gasteiger partial charge in [0.25, 0.3) is 11.8 Å². The maximum Gasteiger partial charge on any atom is 0.328 e. The summed E-state index contributed by atoms with van der Waals surface area (Å²) in [5.41, 5.74) is 2.31. The van der Waals surface area contributed by atoms with Gasteiger partial charge in [0.05, 0.1) is 22.2 Å². The molecule has 3 aromatic carbocycles. The second-order valence-electron chi connectivity index (χ2n) is 8.56. The minimum atomic E-state index is -1.49. The number of nitrogens with one attached hydrogen (secondary N) is 5. The van der Waals surface area contributed by atoms with Crippen LogP contribution in [0.2, 0.25) is 10.0 Å². The predicted molar refractivity (Wildman–Crippen MR) is 159 cm³/mol. The number of aliphatic carboxylic acids is 1. The van der Waals surface area contributed by atoms with Crippen molar-refractivity contribution in [1.29, 1.82) is 0 Å². The molecule has 6 N–H and O–H groups in total. The highest BCUT2D eigenvalue weighted by atomic mass is 35.5. The van der Waals surface area contributed by atoms with E-state index in [-0.39, 0.29) is 21.2 Å². The molecule has 3 rings (SSSR count). The number of rotatable bonds is 10. The van der Waals surface area contributed by atoms with Gasteiger partial charge in [-0.05, 0) is 41.5 Å². The normalized spacial score (nSPS) is 11.7. The van der Waals surface area contributed by atoms with E-state index < -0.39 is 42.8 Å². The average molecular weight is 599 g/mol. The number of aliphatic imine (C=N–C) groups is 1. The molecule has 13 heteroatoms. The Kier molecular flexibility index (Phi) is 11.1. The highest BCUT2D eigenvalue weighted by molar-refractivity contribution is 6.40. The summed E-state index contributed by atoms with van der Waals surface area (Å²) in [5.74, 6) is -2.90. The molecule has 0 spiro atoms. The molecule has 0 aliphatic carbocycles. The zero-order chi connectivity index (χ0) is 29.9. The molecule has 0 aliphatic heterocycles. The maximum atomic E-state index is 12.9. The van der Waals surface area contributed by atoms with E-state index in [0.717, 1.165) is 5.56 Å². The van der Waals surface area contributed by atoms with Gasteiger partial charge in [-0.1, -0.05) is 59.6 Å². The third-order valence-electron chi connectivity index (χ3n) is 5.74. The Morgan fingerprint density at radius 1 is 0.878 bits per heavy atom. The number of hydrogen-bond acceptors (Lipinski definition) is 5. The Morgan fingerprint density at radius 2 is 1.56 bits per heavy atom. The molecule has 0 aliphatic rings. The third-order valence-corrected chi connectivity index (χ3v) is 6.34. The predicted octanol–water partition coefficient (Wildman–Crippen LogP) is 3.01. The SMILES string of the molecule is C/N=C(\NC)Nc1cccc(C(=O)NCC(=O)NC[C@H](NC(=O)c2c(Cl)cc(-c3ccccc3)cc2Cl)C(=O)O)c1. The van der Waals surface area contributed by atoms with Crippen molar-refractivity contribution in [3.8, 4) is 11.1 Å². The quantitative estimate of drug-likeness (QED) is 0.154. The molecule has 3 amide bonds. The lowest BCUT2D eigenvalue weighted by Gasteiger charge is -2.17. The lowest BCUT2D eigenvalue weighted by molar-refractivity contribution is -0.139. The van der Waals surface area contributed by atoms with Gasteiger partial charge < -0.3 is 31.7 Å². The molecule has 0 heterocycles. The Balaban J connectivity index is 1.57. The van der Waals surface area contributed by atoms with Crippen LogP contribution < -0.4 is 26.6 Å². The van der Waals surface area contributed by atoms with E-state index in [4.69, 9.17) is 23.2 Å². The van der Waals surface area contributed by atoms with Crippen molar-refractivity contribution in [2.24, 2.45) is 4.99 Å². The fourth-order valence-corrected chi connectivity index (χ4v) is 4.32. The molecule has 0 fully saturated rings. The molecule has 0 saturated carbocycles. The first kappa shape index (κ1) is 30.9. The summed E-state index contributed by atoms with van der Waals surface area (Å²) in [7, 11) is 3.29. The zero-order valence-electron chi connectivity index (χ0n) is 22.1. The van der Waals surface area contributed by atoms with Crippen molar-refractivity contribution in [1.82, 2.24) is 21.3 Å². The highest BCUT2D eigenvalue weighted by Crippen LogP contribution is 2.31. The van der Waals surface area contributed by atoms with E-state index >= 15 is 0 Å². The van der Waals surface area contributed by atoms with E-state index in [2.05, 4.69) is 31.6 Å². The number of nitrogens with zero attached hydrogens (tertiary/aromatic N) is 1. The van der Waals surface area contributed by atoms with Gasteiger partial charge in [-0.25, -0.2) is 4.79 Å². The van der Waals surface area contributed by atoms with E-state index in [0.29, 0.717) is 17.2 Å². The Morgan fingerprint density at radius 3 is 2.17 bits per heavy atom. The van der Waals surface area contributed by atoms with Crippen molar-refractivity contribution >= 4 is 58.5 Å². The minimum absolute atomic E-state index is 0.0353. The Bertz CT molecular complexity index is 1440. The van der Waals surface area contributed by atoms with Gasteiger partial charge in [0.1, 0.15) is 6.04 Å². The van der Waals surface area contributed by atoms with Crippen LogP contribution in [0.3, 0.4) is 0 Å². The molecular weight excluding hydrogens is 571 g/mol. The van der Waals surface area contributed by atoms with Crippen molar-refractivity contribution in [2.45, 2.75) is 6.04 Å². The number of carbonyl (C=O) groups is 4. The minimum Gasteiger partial charge on any atom is -0.480 e. The van der Waals surface area contributed by atoms with Gasteiger partial charge in [0.2, 0.25) is 5.91 Å². The highest BCUT2D eigenvalue weighted by Gasteiger charge is 2.25. The van der Waals surface area contributed by atoms with Crippen LogP contribution in [-0.4, -0.2) is 68.0 Å². The molecule has 0 aromatic heterocycles. The van der Waals surface area contributed by atoms with Crippen LogP contribution in [0, 0.1) is 0 Å². The van der Waals surface area contributed by atoms with E-state index in [1.54, 1.807) is 50.5 Å². The van der Waals surface area contributed by atoms with Crippen LogP contribution in [0.5, 0.6) is 0 Å². The lowest BCUT2D eigenvalue weighted by Crippen LogP contribution is -2.50. The average Bonchev–Trinajstić information content (AvgIpc) is 2.96. The number of hydrogen-bond donors (Lipinski definition) is 6. The number of carboxylic acids is 1. The first-order chi connectivity index (χ1) is 19.6. The molecule has 41 heavy (non-hydrogen) atoms. The molecule has 0 saturated heterocycles. The van der Waals surface area contributed by atoms with Gasteiger partial charge in [-0.2, -0.15) is 0 Å². The summed E-state index contributed by atoms with van der Waals surface area (Å²) in [6, 6.07) is 17.4. The summed E-state index contributed by atoms with van der Waals surface area (Å²) in [6.45, 7) is -0.872. The van der Waals surface area contributed by atoms with E-state index in [1.165, 1.54) is 0 Å². The summed E-state index contributed by atoms with van der Waals surface area (Å²) in [4.78, 5) is 53.5. The largest absolute Gasteiger partial charge is 0.480 e. The first-order valence-corrected chi connectivity index (χ1v) is 13.0. The van der Waals surface area contributed by atoms with Crippen molar-refractivity contribution in [3.05, 3.63) is 87.9 Å². The van der Waals surface area contributed by atoms with Crippen LogP contribution in [-0.2, 0) is 9.59 Å². The van der Waals surface area contributed by atoms with Gasteiger partial charge in [-0.3, -0.25) is 19.4 Å². The molecule has 214 valence electrons. The van der Waals surface area contributed by atoms with Crippen molar-refractivity contribution < 1.29 is 24.3 Å². The van der Waals surface area contributed by atoms with Gasteiger partial charge in [-0.15, -0.1) is 0 Å². The molecular formula is C28H28Cl2N6O5. The molecule has 11 nitrogen and oxygen atoms in total. The fraction of sp³-hybridized carbons (Fsp3) is 0.179. The second-order valence-corrected chi connectivity index (χ2v) is 9.37. The summed E-state index contributed by atoms with van der Waals surface area (Å²) >= 11 is 12.7. The van der Waals surface area contributed by atoms with Gasteiger partial charge in [0.15, 0.2) is 5.96 Å². The number of carbonyl (C=O) groups excluding carboxylic acids is 3. The third kappa shape index (κ3) is 8.69. The summed E-state index contributed by atoms with van der Waals surface area (Å²) < 4.78 is 0. The van der Waals surface area contributed by atoms with Crippen molar-refractivity contribution in [2.75, 3.05) is 32.5 Å². The van der Waals surface area contributed by atoms with Crippen molar-refractivity contribution in [3.63, 3.8) is 0 Å². The first-order valence-electron chi connectivity index (χ1n) is 12.3.